The summed E-state index contributed by atoms with van der Waals surface area (Å²) in [6.07, 6.45) is 0. The zero-order valence-corrected chi connectivity index (χ0v) is 10.4. The van der Waals surface area contributed by atoms with E-state index in [0.717, 1.165) is 22.8 Å². The fourth-order valence-electron chi connectivity index (χ4n) is 1.82. The highest BCUT2D eigenvalue weighted by Gasteiger charge is 2.14. The minimum absolute atomic E-state index is 0.101. The lowest BCUT2D eigenvalue weighted by molar-refractivity contribution is 0.628. The molecule has 0 fully saturated rings. The molecule has 0 aliphatic rings. The Morgan fingerprint density at radius 1 is 1.47 bits per heavy atom. The summed E-state index contributed by atoms with van der Waals surface area (Å²) in [5, 5.41) is 0.101. The number of benzene rings is 1. The predicted octanol–water partition coefficient (Wildman–Crippen LogP) is 2.65. The summed E-state index contributed by atoms with van der Waals surface area (Å²) in [7, 11) is 1.90. The molecule has 0 saturated carbocycles. The van der Waals surface area contributed by atoms with Crippen LogP contribution in [0.2, 0.25) is 5.02 Å². The van der Waals surface area contributed by atoms with Crippen LogP contribution in [0.5, 0.6) is 0 Å². The summed E-state index contributed by atoms with van der Waals surface area (Å²) in [5.41, 5.74) is 8.14. The first-order chi connectivity index (χ1) is 8.04. The van der Waals surface area contributed by atoms with E-state index in [1.165, 1.54) is 6.07 Å². The SMILES string of the molecule is Cc1nc(CN)c(-c2ccc(F)c(Cl)c2)n1C. The second-order valence-corrected chi connectivity index (χ2v) is 4.25. The van der Waals surface area contributed by atoms with Crippen LogP contribution >= 0.6 is 11.6 Å². The van der Waals surface area contributed by atoms with E-state index in [-0.39, 0.29) is 5.02 Å². The highest BCUT2D eigenvalue weighted by Crippen LogP contribution is 2.27. The van der Waals surface area contributed by atoms with Gasteiger partial charge in [0.15, 0.2) is 0 Å². The number of imidazole rings is 1. The first kappa shape index (κ1) is 12.1. The zero-order valence-electron chi connectivity index (χ0n) is 9.67. The van der Waals surface area contributed by atoms with E-state index in [0.29, 0.717) is 6.54 Å². The van der Waals surface area contributed by atoms with Crippen LogP contribution in [-0.2, 0) is 13.6 Å². The number of aryl methyl sites for hydroxylation is 1. The lowest BCUT2D eigenvalue weighted by Gasteiger charge is -2.07. The van der Waals surface area contributed by atoms with E-state index >= 15 is 0 Å². The van der Waals surface area contributed by atoms with E-state index in [2.05, 4.69) is 4.98 Å². The quantitative estimate of drug-likeness (QED) is 0.894. The summed E-state index contributed by atoms with van der Waals surface area (Å²) in [6, 6.07) is 4.61. The Morgan fingerprint density at radius 2 is 2.18 bits per heavy atom. The fraction of sp³-hybridized carbons (Fsp3) is 0.250. The lowest BCUT2D eigenvalue weighted by Crippen LogP contribution is -2.00. The van der Waals surface area contributed by atoms with E-state index in [4.69, 9.17) is 17.3 Å². The average Bonchev–Trinajstić information content (AvgIpc) is 2.59. The molecule has 2 rings (SSSR count). The summed E-state index contributed by atoms with van der Waals surface area (Å²) in [6.45, 7) is 2.24. The predicted molar refractivity (Wildman–Crippen MR) is 66.2 cm³/mol. The van der Waals surface area contributed by atoms with Crippen LogP contribution in [0.25, 0.3) is 11.3 Å². The molecular formula is C12H13ClFN3. The van der Waals surface area contributed by atoms with Crippen molar-refractivity contribution in [3.8, 4) is 11.3 Å². The van der Waals surface area contributed by atoms with Crippen molar-refractivity contribution in [1.82, 2.24) is 9.55 Å². The van der Waals surface area contributed by atoms with Crippen molar-refractivity contribution in [3.05, 3.63) is 40.6 Å². The summed E-state index contributed by atoms with van der Waals surface area (Å²) in [5.74, 6) is 0.435. The molecule has 5 heteroatoms. The van der Waals surface area contributed by atoms with Crippen molar-refractivity contribution in [2.24, 2.45) is 12.8 Å². The van der Waals surface area contributed by atoms with E-state index in [9.17, 15) is 4.39 Å². The van der Waals surface area contributed by atoms with Gasteiger partial charge in [-0.2, -0.15) is 0 Å². The first-order valence-electron chi connectivity index (χ1n) is 5.22. The Kier molecular flexibility index (Phi) is 3.17. The van der Waals surface area contributed by atoms with E-state index < -0.39 is 5.82 Å². The number of halogens is 2. The number of nitrogens with zero attached hydrogens (tertiary/aromatic N) is 2. The minimum atomic E-state index is -0.427. The summed E-state index contributed by atoms with van der Waals surface area (Å²) >= 11 is 5.78. The van der Waals surface area contributed by atoms with Gasteiger partial charge in [-0.15, -0.1) is 0 Å². The second kappa shape index (κ2) is 4.47. The third-order valence-corrected chi connectivity index (χ3v) is 3.07. The monoisotopic (exact) mass is 253 g/mol. The molecule has 0 unspecified atom stereocenters. The van der Waals surface area contributed by atoms with Gasteiger partial charge in [0.2, 0.25) is 0 Å². The largest absolute Gasteiger partial charge is 0.331 e. The van der Waals surface area contributed by atoms with Gasteiger partial charge in [0.1, 0.15) is 11.6 Å². The molecule has 0 radical (unpaired) electrons. The molecule has 17 heavy (non-hydrogen) atoms. The highest BCUT2D eigenvalue weighted by atomic mass is 35.5. The molecule has 1 aromatic carbocycles. The molecule has 2 N–H and O–H groups in total. The third-order valence-electron chi connectivity index (χ3n) is 2.78. The van der Waals surface area contributed by atoms with Crippen molar-refractivity contribution in [3.63, 3.8) is 0 Å². The van der Waals surface area contributed by atoms with Crippen LogP contribution in [0.1, 0.15) is 11.5 Å². The van der Waals surface area contributed by atoms with Gasteiger partial charge in [0, 0.05) is 19.2 Å². The standard InChI is InChI=1S/C12H13ClFN3/c1-7-16-11(6-15)12(17(7)2)8-3-4-10(14)9(13)5-8/h3-5H,6,15H2,1-2H3. The normalized spacial score (nSPS) is 10.9. The average molecular weight is 254 g/mol. The van der Waals surface area contributed by atoms with Gasteiger partial charge < -0.3 is 10.3 Å². The van der Waals surface area contributed by atoms with Crippen molar-refractivity contribution >= 4 is 11.6 Å². The fourth-order valence-corrected chi connectivity index (χ4v) is 2.01. The van der Waals surface area contributed by atoms with Crippen molar-refractivity contribution in [1.29, 1.82) is 0 Å². The maximum absolute atomic E-state index is 13.1. The lowest BCUT2D eigenvalue weighted by atomic mass is 10.1. The van der Waals surface area contributed by atoms with Gasteiger partial charge in [-0.05, 0) is 25.1 Å². The Morgan fingerprint density at radius 3 is 2.76 bits per heavy atom. The van der Waals surface area contributed by atoms with Gasteiger partial charge in [-0.3, -0.25) is 0 Å². The number of nitrogens with two attached hydrogens (primary N) is 1. The Labute approximate surface area is 104 Å². The zero-order chi connectivity index (χ0) is 12.6. The van der Waals surface area contributed by atoms with Gasteiger partial charge in [-0.25, -0.2) is 9.37 Å². The molecule has 2 aromatic rings. The molecule has 0 amide bonds. The topological polar surface area (TPSA) is 43.8 Å². The molecule has 0 bridgehead atoms. The Bertz CT molecular complexity index is 563. The molecule has 1 aromatic heterocycles. The Hall–Kier alpha value is -1.39. The summed E-state index contributed by atoms with van der Waals surface area (Å²) in [4.78, 5) is 4.36. The number of rotatable bonds is 2. The van der Waals surface area contributed by atoms with E-state index in [1.807, 2.05) is 18.5 Å². The van der Waals surface area contributed by atoms with Crippen LogP contribution in [0.3, 0.4) is 0 Å². The molecule has 0 aliphatic heterocycles. The highest BCUT2D eigenvalue weighted by molar-refractivity contribution is 6.31. The summed E-state index contributed by atoms with van der Waals surface area (Å²) < 4.78 is 15.0. The molecular weight excluding hydrogens is 241 g/mol. The van der Waals surface area contributed by atoms with Crippen molar-refractivity contribution in [2.75, 3.05) is 0 Å². The van der Waals surface area contributed by atoms with Crippen molar-refractivity contribution < 1.29 is 4.39 Å². The van der Waals surface area contributed by atoms with E-state index in [1.54, 1.807) is 12.1 Å². The first-order valence-corrected chi connectivity index (χ1v) is 5.60. The Balaban J connectivity index is 2.63. The molecule has 90 valence electrons. The molecule has 0 saturated heterocycles. The maximum atomic E-state index is 13.1. The van der Waals surface area contributed by atoms with Crippen LogP contribution in [0, 0.1) is 12.7 Å². The molecule has 3 nitrogen and oxygen atoms in total. The minimum Gasteiger partial charge on any atom is -0.331 e. The van der Waals surface area contributed by atoms with Crippen LogP contribution in [-0.4, -0.2) is 9.55 Å². The third kappa shape index (κ3) is 2.06. The maximum Gasteiger partial charge on any atom is 0.141 e. The van der Waals surface area contributed by atoms with Gasteiger partial charge in [-0.1, -0.05) is 11.6 Å². The molecule has 0 aliphatic carbocycles. The van der Waals surface area contributed by atoms with Crippen LogP contribution in [0.4, 0.5) is 4.39 Å². The smallest absolute Gasteiger partial charge is 0.141 e. The molecule has 0 spiro atoms. The van der Waals surface area contributed by atoms with Crippen LogP contribution in [0.15, 0.2) is 18.2 Å². The molecule has 0 atom stereocenters. The van der Waals surface area contributed by atoms with Gasteiger partial charge in [0.25, 0.3) is 0 Å². The van der Waals surface area contributed by atoms with Gasteiger partial charge in [0.05, 0.1) is 16.4 Å². The van der Waals surface area contributed by atoms with Gasteiger partial charge >= 0.3 is 0 Å². The number of aromatic nitrogens is 2. The van der Waals surface area contributed by atoms with Crippen molar-refractivity contribution in [2.45, 2.75) is 13.5 Å². The molecule has 1 heterocycles. The number of hydrogen-bond acceptors (Lipinski definition) is 2. The second-order valence-electron chi connectivity index (χ2n) is 3.85. The number of hydrogen-bond donors (Lipinski definition) is 1. The van der Waals surface area contributed by atoms with Crippen LogP contribution < -0.4 is 5.73 Å².